The van der Waals surface area contributed by atoms with E-state index in [1.165, 1.54) is 22.9 Å². The van der Waals surface area contributed by atoms with E-state index in [-0.39, 0.29) is 18.0 Å². The molecule has 4 nitrogen and oxygen atoms in total. The van der Waals surface area contributed by atoms with Crippen LogP contribution in [0.25, 0.3) is 0 Å². The van der Waals surface area contributed by atoms with Gasteiger partial charge in [-0.15, -0.1) is 0 Å². The lowest BCUT2D eigenvalue weighted by Crippen LogP contribution is -2.26. The molecular formula is C13H10Cl2N2O2. The number of amides is 1. The number of rotatable bonds is 3. The summed E-state index contributed by atoms with van der Waals surface area (Å²) in [5.74, 6) is -0.327. The zero-order valence-corrected chi connectivity index (χ0v) is 11.3. The van der Waals surface area contributed by atoms with Crippen LogP contribution in [0.2, 0.25) is 10.0 Å². The van der Waals surface area contributed by atoms with Crippen LogP contribution in [0.5, 0.6) is 0 Å². The van der Waals surface area contributed by atoms with E-state index in [1.807, 2.05) is 0 Å². The van der Waals surface area contributed by atoms with Gasteiger partial charge in [0.15, 0.2) is 0 Å². The number of carbonyl (C=O) groups excluding carboxylic acids is 1. The van der Waals surface area contributed by atoms with Crippen LogP contribution in [0.15, 0.2) is 47.4 Å². The molecule has 0 radical (unpaired) electrons. The SMILES string of the molecule is O=C(Cn1cc(Cl)ccc1=O)Nc1cccc(Cl)c1. The van der Waals surface area contributed by atoms with Gasteiger partial charge in [-0.3, -0.25) is 9.59 Å². The second kappa shape index (κ2) is 5.91. The summed E-state index contributed by atoms with van der Waals surface area (Å²) < 4.78 is 1.24. The number of benzene rings is 1. The van der Waals surface area contributed by atoms with E-state index in [1.54, 1.807) is 24.3 Å². The zero-order chi connectivity index (χ0) is 13.8. The molecule has 0 aliphatic heterocycles. The summed E-state index contributed by atoms with van der Waals surface area (Å²) in [5, 5.41) is 3.58. The monoisotopic (exact) mass is 296 g/mol. The number of aromatic nitrogens is 1. The minimum atomic E-state index is -0.327. The highest BCUT2D eigenvalue weighted by atomic mass is 35.5. The number of carbonyl (C=O) groups is 1. The Hall–Kier alpha value is -1.78. The summed E-state index contributed by atoms with van der Waals surface area (Å²) >= 11 is 11.6. The lowest BCUT2D eigenvalue weighted by atomic mass is 10.3. The van der Waals surface area contributed by atoms with E-state index in [0.717, 1.165) is 0 Å². The van der Waals surface area contributed by atoms with Crippen LogP contribution >= 0.6 is 23.2 Å². The molecule has 1 N–H and O–H groups in total. The van der Waals surface area contributed by atoms with Crippen molar-refractivity contribution in [3.63, 3.8) is 0 Å². The highest BCUT2D eigenvalue weighted by Gasteiger charge is 2.05. The van der Waals surface area contributed by atoms with Crippen molar-refractivity contribution in [1.82, 2.24) is 4.57 Å². The van der Waals surface area contributed by atoms with E-state index in [2.05, 4.69) is 5.32 Å². The van der Waals surface area contributed by atoms with Crippen molar-refractivity contribution in [2.24, 2.45) is 0 Å². The average Bonchev–Trinajstić information content (AvgIpc) is 2.34. The third-order valence-electron chi connectivity index (χ3n) is 2.37. The normalized spacial score (nSPS) is 10.2. The van der Waals surface area contributed by atoms with Gasteiger partial charge in [-0.1, -0.05) is 29.3 Å². The molecule has 6 heteroatoms. The summed E-state index contributed by atoms with van der Waals surface area (Å²) in [5.41, 5.74) is 0.290. The quantitative estimate of drug-likeness (QED) is 0.947. The lowest BCUT2D eigenvalue weighted by molar-refractivity contribution is -0.116. The minimum absolute atomic E-state index is 0.105. The Balaban J connectivity index is 2.09. The maximum atomic E-state index is 11.8. The number of pyridine rings is 1. The molecule has 0 fully saturated rings. The first-order chi connectivity index (χ1) is 9.04. The van der Waals surface area contributed by atoms with Gasteiger partial charge in [-0.25, -0.2) is 0 Å². The third kappa shape index (κ3) is 3.84. The molecule has 0 saturated carbocycles. The number of hydrogen-bond donors (Lipinski definition) is 1. The lowest BCUT2D eigenvalue weighted by Gasteiger charge is -2.07. The molecular weight excluding hydrogens is 287 g/mol. The van der Waals surface area contributed by atoms with Crippen LogP contribution < -0.4 is 10.9 Å². The molecule has 0 bridgehead atoms. The average molecular weight is 297 g/mol. The van der Waals surface area contributed by atoms with E-state index in [9.17, 15) is 9.59 Å². The van der Waals surface area contributed by atoms with Crippen molar-refractivity contribution in [2.75, 3.05) is 5.32 Å². The van der Waals surface area contributed by atoms with Crippen LogP contribution in [0.3, 0.4) is 0 Å². The molecule has 0 spiro atoms. The van der Waals surface area contributed by atoms with Gasteiger partial charge in [-0.2, -0.15) is 0 Å². The summed E-state index contributed by atoms with van der Waals surface area (Å²) in [6.45, 7) is -0.105. The fraction of sp³-hybridized carbons (Fsp3) is 0.0769. The molecule has 0 unspecified atom stereocenters. The van der Waals surface area contributed by atoms with Crippen molar-refractivity contribution in [3.8, 4) is 0 Å². The first kappa shape index (κ1) is 13.6. The van der Waals surface area contributed by atoms with E-state index in [4.69, 9.17) is 23.2 Å². The minimum Gasteiger partial charge on any atom is -0.324 e. The maximum Gasteiger partial charge on any atom is 0.251 e. The second-order valence-corrected chi connectivity index (χ2v) is 4.74. The molecule has 1 heterocycles. The Morgan fingerprint density at radius 2 is 1.95 bits per heavy atom. The maximum absolute atomic E-state index is 11.8. The topological polar surface area (TPSA) is 51.1 Å². The van der Waals surface area contributed by atoms with Gasteiger partial charge < -0.3 is 9.88 Å². The highest BCUT2D eigenvalue weighted by Crippen LogP contribution is 2.14. The highest BCUT2D eigenvalue weighted by molar-refractivity contribution is 6.31. The van der Waals surface area contributed by atoms with Crippen molar-refractivity contribution >= 4 is 34.8 Å². The zero-order valence-electron chi connectivity index (χ0n) is 9.77. The Bertz CT molecular complexity index is 668. The standard InChI is InChI=1S/C13H10Cl2N2O2/c14-9-2-1-3-11(6-9)16-12(18)8-17-7-10(15)4-5-13(17)19/h1-7H,8H2,(H,16,18). The number of halogens is 2. The molecule has 2 rings (SSSR count). The Morgan fingerprint density at radius 1 is 1.16 bits per heavy atom. The van der Waals surface area contributed by atoms with Crippen LogP contribution in [0.1, 0.15) is 0 Å². The van der Waals surface area contributed by atoms with E-state index >= 15 is 0 Å². The molecule has 98 valence electrons. The largest absolute Gasteiger partial charge is 0.324 e. The van der Waals surface area contributed by atoms with E-state index in [0.29, 0.717) is 15.7 Å². The summed E-state index contributed by atoms with van der Waals surface area (Å²) in [6.07, 6.45) is 1.42. The third-order valence-corrected chi connectivity index (χ3v) is 2.83. The van der Waals surface area contributed by atoms with Gasteiger partial charge in [0.05, 0.1) is 5.02 Å². The summed E-state index contributed by atoms with van der Waals surface area (Å²) in [7, 11) is 0. The van der Waals surface area contributed by atoms with Gasteiger partial charge in [0.2, 0.25) is 5.91 Å². The molecule has 1 aromatic carbocycles. The van der Waals surface area contributed by atoms with E-state index < -0.39 is 0 Å². The molecule has 0 aliphatic rings. The molecule has 0 saturated heterocycles. The van der Waals surface area contributed by atoms with Crippen molar-refractivity contribution in [1.29, 1.82) is 0 Å². The number of hydrogen-bond acceptors (Lipinski definition) is 2. The smallest absolute Gasteiger partial charge is 0.251 e. The van der Waals surface area contributed by atoms with Gasteiger partial charge in [-0.05, 0) is 24.3 Å². The first-order valence-electron chi connectivity index (χ1n) is 5.46. The van der Waals surface area contributed by atoms with Crippen LogP contribution in [-0.2, 0) is 11.3 Å². The molecule has 0 aliphatic carbocycles. The molecule has 0 atom stereocenters. The van der Waals surface area contributed by atoms with Gasteiger partial charge >= 0.3 is 0 Å². The van der Waals surface area contributed by atoms with Crippen molar-refractivity contribution in [3.05, 3.63) is 63.0 Å². The predicted octanol–water partition coefficient (Wildman–Crippen LogP) is 2.79. The fourth-order valence-electron chi connectivity index (χ4n) is 1.55. The number of nitrogens with zero attached hydrogens (tertiary/aromatic N) is 1. The summed E-state index contributed by atoms with van der Waals surface area (Å²) in [6, 6.07) is 9.57. The fourth-order valence-corrected chi connectivity index (χ4v) is 1.92. The van der Waals surface area contributed by atoms with Gasteiger partial charge in [0.1, 0.15) is 6.54 Å². The van der Waals surface area contributed by atoms with Crippen molar-refractivity contribution in [2.45, 2.75) is 6.54 Å². The van der Waals surface area contributed by atoms with Crippen molar-refractivity contribution < 1.29 is 4.79 Å². The molecule has 2 aromatic rings. The number of nitrogens with one attached hydrogen (secondary N) is 1. The molecule has 1 aromatic heterocycles. The number of anilines is 1. The Kier molecular flexibility index (Phi) is 4.24. The predicted molar refractivity (Wildman–Crippen MR) is 75.8 cm³/mol. The second-order valence-electron chi connectivity index (χ2n) is 3.87. The first-order valence-corrected chi connectivity index (χ1v) is 6.21. The summed E-state index contributed by atoms with van der Waals surface area (Å²) in [4.78, 5) is 23.3. The van der Waals surface area contributed by atoms with Crippen LogP contribution in [0.4, 0.5) is 5.69 Å². The van der Waals surface area contributed by atoms with Gasteiger partial charge in [0.25, 0.3) is 5.56 Å². The molecule has 19 heavy (non-hydrogen) atoms. The van der Waals surface area contributed by atoms with Gasteiger partial charge in [0, 0.05) is 23.0 Å². The van der Waals surface area contributed by atoms with Crippen LogP contribution in [0, 0.1) is 0 Å². The van der Waals surface area contributed by atoms with Crippen LogP contribution in [-0.4, -0.2) is 10.5 Å². The Morgan fingerprint density at radius 3 is 2.68 bits per heavy atom. The Labute approximate surface area is 119 Å². The molecule has 1 amide bonds.